The molecule has 0 aromatic rings. The summed E-state index contributed by atoms with van der Waals surface area (Å²) in [5.74, 6) is -0.0215. The van der Waals surface area contributed by atoms with E-state index < -0.39 is 20.0 Å². The highest BCUT2D eigenvalue weighted by Gasteiger charge is 2.35. The van der Waals surface area contributed by atoms with E-state index in [-0.39, 0.29) is 37.1 Å². The molecule has 0 aromatic carbocycles. The van der Waals surface area contributed by atoms with Gasteiger partial charge in [0.1, 0.15) is 0 Å². The predicted octanol–water partition coefficient (Wildman–Crippen LogP) is -1.33. The molecule has 2 heterocycles. The van der Waals surface area contributed by atoms with E-state index in [4.69, 9.17) is 5.11 Å². The van der Waals surface area contributed by atoms with Crippen molar-refractivity contribution in [3.05, 3.63) is 0 Å². The summed E-state index contributed by atoms with van der Waals surface area (Å²) in [6, 6.07) is 0. The highest BCUT2D eigenvalue weighted by Crippen LogP contribution is 2.21. The van der Waals surface area contributed by atoms with Crippen LogP contribution in [0.4, 0.5) is 0 Å². The standard InChI is InChI=1S/C10H20N2O5S2/c13-9-10-1-3-11(4-2-10)19(16,17)12-5-7-18(14,15)8-6-12/h10,13H,1-9H2. The zero-order chi connectivity index (χ0) is 14.1. The number of hydrogen-bond donors (Lipinski definition) is 1. The van der Waals surface area contributed by atoms with E-state index >= 15 is 0 Å². The molecule has 0 aliphatic carbocycles. The second-order valence-electron chi connectivity index (χ2n) is 5.08. The summed E-state index contributed by atoms with van der Waals surface area (Å²) in [5, 5.41) is 9.04. The average molecular weight is 312 g/mol. The van der Waals surface area contributed by atoms with Crippen LogP contribution in [0.1, 0.15) is 12.8 Å². The lowest BCUT2D eigenvalue weighted by Gasteiger charge is -2.35. The van der Waals surface area contributed by atoms with Gasteiger partial charge in [0.2, 0.25) is 0 Å². The molecule has 7 nitrogen and oxygen atoms in total. The summed E-state index contributed by atoms with van der Waals surface area (Å²) in [6.07, 6.45) is 1.31. The number of piperidine rings is 1. The molecule has 2 aliphatic heterocycles. The Kier molecular flexibility index (Phi) is 4.51. The summed E-state index contributed by atoms with van der Waals surface area (Å²) in [4.78, 5) is 0. The zero-order valence-electron chi connectivity index (χ0n) is 10.7. The van der Waals surface area contributed by atoms with E-state index in [9.17, 15) is 16.8 Å². The summed E-state index contributed by atoms with van der Waals surface area (Å²) in [7, 11) is -6.62. The fourth-order valence-corrected chi connectivity index (χ4v) is 5.49. The molecule has 0 bridgehead atoms. The third kappa shape index (κ3) is 3.46. The van der Waals surface area contributed by atoms with Gasteiger partial charge in [-0.25, -0.2) is 8.42 Å². The smallest absolute Gasteiger partial charge is 0.282 e. The van der Waals surface area contributed by atoms with E-state index in [1.165, 1.54) is 8.61 Å². The first-order valence-corrected chi connectivity index (χ1v) is 9.63. The fraction of sp³-hybridized carbons (Fsp3) is 1.00. The van der Waals surface area contributed by atoms with E-state index in [2.05, 4.69) is 0 Å². The monoisotopic (exact) mass is 312 g/mol. The normalized spacial score (nSPS) is 27.4. The van der Waals surface area contributed by atoms with Crippen LogP contribution >= 0.6 is 0 Å². The van der Waals surface area contributed by atoms with E-state index in [0.717, 1.165) is 0 Å². The maximum Gasteiger partial charge on any atom is 0.282 e. The second kappa shape index (κ2) is 5.65. The lowest BCUT2D eigenvalue weighted by atomic mass is 10.00. The molecule has 0 spiro atoms. The van der Waals surface area contributed by atoms with Gasteiger partial charge in [0.15, 0.2) is 9.84 Å². The first-order valence-electron chi connectivity index (χ1n) is 6.42. The van der Waals surface area contributed by atoms with Gasteiger partial charge in [-0.1, -0.05) is 0 Å². The molecule has 19 heavy (non-hydrogen) atoms. The van der Waals surface area contributed by atoms with E-state index in [0.29, 0.717) is 25.9 Å². The summed E-state index contributed by atoms with van der Waals surface area (Å²) >= 11 is 0. The van der Waals surface area contributed by atoms with Gasteiger partial charge in [-0.15, -0.1) is 0 Å². The Morgan fingerprint density at radius 3 is 1.95 bits per heavy atom. The van der Waals surface area contributed by atoms with Crippen molar-refractivity contribution in [2.75, 3.05) is 44.3 Å². The third-order valence-corrected chi connectivity index (χ3v) is 7.43. The zero-order valence-corrected chi connectivity index (χ0v) is 12.4. The van der Waals surface area contributed by atoms with Crippen LogP contribution < -0.4 is 0 Å². The molecule has 0 radical (unpaired) electrons. The quantitative estimate of drug-likeness (QED) is 0.696. The van der Waals surface area contributed by atoms with Crippen LogP contribution in [0.2, 0.25) is 0 Å². The van der Waals surface area contributed by atoms with Gasteiger partial charge in [-0.3, -0.25) is 0 Å². The summed E-state index contributed by atoms with van der Waals surface area (Å²) < 4.78 is 50.0. The minimum atomic E-state index is -3.55. The second-order valence-corrected chi connectivity index (χ2v) is 9.32. The molecule has 112 valence electrons. The number of sulfone groups is 1. The molecule has 2 aliphatic rings. The Morgan fingerprint density at radius 2 is 1.47 bits per heavy atom. The van der Waals surface area contributed by atoms with Gasteiger partial charge in [-0.2, -0.15) is 17.0 Å². The van der Waals surface area contributed by atoms with Crippen molar-refractivity contribution in [2.45, 2.75) is 12.8 Å². The number of aliphatic hydroxyl groups excluding tert-OH is 1. The van der Waals surface area contributed by atoms with Crippen LogP contribution in [0.15, 0.2) is 0 Å². The molecule has 2 rings (SSSR count). The molecular formula is C10H20N2O5S2. The summed E-state index contributed by atoms with van der Waals surface area (Å²) in [6.45, 7) is 0.985. The Bertz CT molecular complexity index is 494. The molecule has 0 unspecified atom stereocenters. The van der Waals surface area contributed by atoms with E-state index in [1.54, 1.807) is 0 Å². The van der Waals surface area contributed by atoms with Gasteiger partial charge >= 0.3 is 0 Å². The Hall–Kier alpha value is -0.220. The van der Waals surface area contributed by atoms with E-state index in [1.807, 2.05) is 0 Å². The van der Waals surface area contributed by atoms with Crippen molar-refractivity contribution in [1.29, 1.82) is 0 Å². The van der Waals surface area contributed by atoms with Crippen LogP contribution in [0, 0.1) is 5.92 Å². The van der Waals surface area contributed by atoms with Crippen molar-refractivity contribution < 1.29 is 21.9 Å². The topological polar surface area (TPSA) is 95.0 Å². The molecule has 0 atom stereocenters. The van der Waals surface area contributed by atoms with Gasteiger partial charge in [0, 0.05) is 32.8 Å². The maximum atomic E-state index is 12.3. The van der Waals surface area contributed by atoms with Crippen LogP contribution in [0.25, 0.3) is 0 Å². The lowest BCUT2D eigenvalue weighted by Crippen LogP contribution is -2.52. The first-order chi connectivity index (χ1) is 8.85. The third-order valence-electron chi connectivity index (χ3n) is 3.79. The fourth-order valence-electron chi connectivity index (χ4n) is 2.41. The SMILES string of the molecule is O=S1(=O)CCN(S(=O)(=O)N2CCC(CO)CC2)CC1. The van der Waals surface area contributed by atoms with Crippen molar-refractivity contribution in [3.63, 3.8) is 0 Å². The molecule has 0 amide bonds. The van der Waals surface area contributed by atoms with Crippen LogP contribution in [-0.2, 0) is 20.0 Å². The first kappa shape index (κ1) is 15.2. The van der Waals surface area contributed by atoms with Gasteiger partial charge < -0.3 is 5.11 Å². The highest BCUT2D eigenvalue weighted by molar-refractivity contribution is 7.91. The van der Waals surface area contributed by atoms with Crippen molar-refractivity contribution in [1.82, 2.24) is 8.61 Å². The van der Waals surface area contributed by atoms with Gasteiger partial charge in [0.25, 0.3) is 10.2 Å². The maximum absolute atomic E-state index is 12.3. The molecule has 0 aromatic heterocycles. The molecule has 2 fully saturated rings. The van der Waals surface area contributed by atoms with Crippen molar-refractivity contribution >= 4 is 20.0 Å². The Morgan fingerprint density at radius 1 is 1.00 bits per heavy atom. The van der Waals surface area contributed by atoms with Crippen LogP contribution in [0.3, 0.4) is 0 Å². The molecular weight excluding hydrogens is 292 g/mol. The number of aliphatic hydroxyl groups is 1. The molecule has 1 N–H and O–H groups in total. The summed E-state index contributed by atoms with van der Waals surface area (Å²) in [5.41, 5.74) is 0. The van der Waals surface area contributed by atoms with Gasteiger partial charge in [-0.05, 0) is 18.8 Å². The van der Waals surface area contributed by atoms with Gasteiger partial charge in [0.05, 0.1) is 11.5 Å². The Labute approximate surface area is 114 Å². The minimum Gasteiger partial charge on any atom is -0.396 e. The lowest BCUT2D eigenvalue weighted by molar-refractivity contribution is 0.166. The molecule has 9 heteroatoms. The molecule has 0 saturated carbocycles. The van der Waals surface area contributed by atoms with Crippen LogP contribution in [0.5, 0.6) is 0 Å². The minimum absolute atomic E-state index is 0.0462. The van der Waals surface area contributed by atoms with Crippen molar-refractivity contribution in [3.8, 4) is 0 Å². The molecule has 2 saturated heterocycles. The average Bonchev–Trinajstić information content (AvgIpc) is 2.38. The number of rotatable bonds is 3. The van der Waals surface area contributed by atoms with Crippen LogP contribution in [-0.4, -0.2) is 74.8 Å². The Balaban J connectivity index is 1.99. The predicted molar refractivity (Wildman–Crippen MR) is 70.5 cm³/mol. The number of hydrogen-bond acceptors (Lipinski definition) is 5. The highest BCUT2D eigenvalue weighted by atomic mass is 32.2. The largest absolute Gasteiger partial charge is 0.396 e. The number of nitrogens with zero attached hydrogens (tertiary/aromatic N) is 2. The van der Waals surface area contributed by atoms with Crippen molar-refractivity contribution in [2.24, 2.45) is 5.92 Å².